The number of nitrogens with zero attached hydrogens (tertiary/aromatic N) is 1. The maximum Gasteiger partial charge on any atom is 0.235 e. The van der Waals surface area contributed by atoms with Gasteiger partial charge in [0.25, 0.3) is 0 Å². The normalized spacial score (nSPS) is 15.2. The summed E-state index contributed by atoms with van der Waals surface area (Å²) in [6.07, 6.45) is 1.06. The second-order valence-corrected chi connectivity index (χ2v) is 6.94. The number of benzene rings is 2. The lowest BCUT2D eigenvalue weighted by molar-refractivity contribution is -0.131. The Balaban J connectivity index is 1.72. The van der Waals surface area contributed by atoms with Crippen molar-refractivity contribution in [2.45, 2.75) is 12.2 Å². The summed E-state index contributed by atoms with van der Waals surface area (Å²) in [5.41, 5.74) is 3.24. The molecule has 0 aliphatic carbocycles. The van der Waals surface area contributed by atoms with Gasteiger partial charge in [-0.2, -0.15) is 0 Å². The average molecular weight is 313 g/mol. The molecule has 2 aromatic carbocycles. The summed E-state index contributed by atoms with van der Waals surface area (Å²) in [6.45, 7) is 1.63. The molecule has 0 aromatic heterocycles. The summed E-state index contributed by atoms with van der Waals surface area (Å²) in [6, 6.07) is 18.0. The Hall–Kier alpha value is -1.94. The monoisotopic (exact) mass is 313 g/mol. The minimum Gasteiger partial charge on any atom is -0.342 e. The van der Waals surface area contributed by atoms with Crippen LogP contribution in [-0.4, -0.2) is 33.9 Å². The molecule has 0 N–H and O–H groups in total. The highest BCUT2D eigenvalue weighted by atomic mass is 32.2. The zero-order chi connectivity index (χ0) is 15.4. The molecule has 1 atom stereocenters. The van der Waals surface area contributed by atoms with Gasteiger partial charge in [0.1, 0.15) is 5.75 Å². The van der Waals surface area contributed by atoms with Gasteiger partial charge in [0.05, 0.1) is 0 Å². The zero-order valence-electron chi connectivity index (χ0n) is 12.4. The molecule has 1 amide bonds. The SMILES string of the molecule is O=C(CS(=O)Cc1ccccc1-c1ccccc1)N1CCC1. The van der Waals surface area contributed by atoms with Crippen LogP contribution in [0.15, 0.2) is 54.6 Å². The van der Waals surface area contributed by atoms with Crippen molar-refractivity contribution in [1.82, 2.24) is 4.90 Å². The van der Waals surface area contributed by atoms with Crippen molar-refractivity contribution in [2.75, 3.05) is 18.8 Å². The van der Waals surface area contributed by atoms with E-state index in [1.54, 1.807) is 4.90 Å². The topological polar surface area (TPSA) is 37.4 Å². The first kappa shape index (κ1) is 15.0. The van der Waals surface area contributed by atoms with Crippen molar-refractivity contribution < 1.29 is 9.00 Å². The van der Waals surface area contributed by atoms with Crippen LogP contribution < -0.4 is 0 Å². The Morgan fingerprint density at radius 3 is 2.36 bits per heavy atom. The highest BCUT2D eigenvalue weighted by molar-refractivity contribution is 7.84. The predicted molar refractivity (Wildman–Crippen MR) is 89.8 cm³/mol. The van der Waals surface area contributed by atoms with Crippen molar-refractivity contribution in [3.8, 4) is 11.1 Å². The molecule has 4 heteroatoms. The highest BCUT2D eigenvalue weighted by Gasteiger charge is 2.22. The van der Waals surface area contributed by atoms with Gasteiger partial charge in [-0.3, -0.25) is 9.00 Å². The van der Waals surface area contributed by atoms with Crippen LogP contribution in [0, 0.1) is 0 Å². The quantitative estimate of drug-likeness (QED) is 0.851. The maximum atomic E-state index is 12.3. The maximum absolute atomic E-state index is 12.3. The average Bonchev–Trinajstić information content (AvgIpc) is 2.46. The Labute approximate surface area is 133 Å². The van der Waals surface area contributed by atoms with Gasteiger partial charge >= 0.3 is 0 Å². The third-order valence-corrected chi connectivity index (χ3v) is 5.11. The van der Waals surface area contributed by atoms with Crippen LogP contribution in [0.3, 0.4) is 0 Å². The minimum atomic E-state index is -1.16. The van der Waals surface area contributed by atoms with E-state index in [0.717, 1.165) is 36.2 Å². The number of amides is 1. The van der Waals surface area contributed by atoms with E-state index in [9.17, 15) is 9.00 Å². The molecule has 1 unspecified atom stereocenters. The van der Waals surface area contributed by atoms with E-state index < -0.39 is 10.8 Å². The standard InChI is InChI=1S/C18H19NO2S/c20-18(19-11-6-12-19)14-22(21)13-16-9-4-5-10-17(16)15-7-2-1-3-8-15/h1-5,7-10H,6,11-14H2. The second-order valence-electron chi connectivity index (χ2n) is 5.49. The molecule has 0 radical (unpaired) electrons. The molecule has 1 aliphatic rings. The predicted octanol–water partition coefficient (Wildman–Crippen LogP) is 2.83. The van der Waals surface area contributed by atoms with E-state index in [4.69, 9.17) is 0 Å². The molecule has 1 heterocycles. The Bertz CT molecular complexity index is 680. The first-order valence-corrected chi connectivity index (χ1v) is 8.99. The molecule has 0 saturated carbocycles. The fourth-order valence-electron chi connectivity index (χ4n) is 2.56. The first-order valence-electron chi connectivity index (χ1n) is 7.50. The van der Waals surface area contributed by atoms with Crippen molar-refractivity contribution >= 4 is 16.7 Å². The van der Waals surface area contributed by atoms with Crippen molar-refractivity contribution in [3.63, 3.8) is 0 Å². The third kappa shape index (κ3) is 3.45. The lowest BCUT2D eigenvalue weighted by Gasteiger charge is -2.30. The molecule has 0 bridgehead atoms. The number of rotatable bonds is 5. The molecule has 3 nitrogen and oxygen atoms in total. The molecular formula is C18H19NO2S. The molecule has 22 heavy (non-hydrogen) atoms. The summed E-state index contributed by atoms with van der Waals surface area (Å²) in [5.74, 6) is 0.565. The van der Waals surface area contributed by atoms with Crippen LogP contribution in [0.25, 0.3) is 11.1 Å². The highest BCUT2D eigenvalue weighted by Crippen LogP contribution is 2.24. The van der Waals surface area contributed by atoms with Crippen LogP contribution in [0.2, 0.25) is 0 Å². The number of hydrogen-bond donors (Lipinski definition) is 0. The van der Waals surface area contributed by atoms with Crippen molar-refractivity contribution in [1.29, 1.82) is 0 Å². The van der Waals surface area contributed by atoms with Gasteiger partial charge < -0.3 is 4.90 Å². The summed E-state index contributed by atoms with van der Waals surface area (Å²) in [5, 5.41) is 0. The molecular weight excluding hydrogens is 294 g/mol. The fourth-order valence-corrected chi connectivity index (χ4v) is 3.72. The van der Waals surface area contributed by atoms with Crippen LogP contribution in [0.5, 0.6) is 0 Å². The second kappa shape index (κ2) is 6.88. The smallest absolute Gasteiger partial charge is 0.235 e. The van der Waals surface area contributed by atoms with E-state index >= 15 is 0 Å². The van der Waals surface area contributed by atoms with E-state index in [-0.39, 0.29) is 11.7 Å². The van der Waals surface area contributed by atoms with Crippen LogP contribution in [-0.2, 0) is 21.3 Å². The summed E-state index contributed by atoms with van der Waals surface area (Å²) < 4.78 is 12.3. The summed E-state index contributed by atoms with van der Waals surface area (Å²) >= 11 is 0. The van der Waals surface area contributed by atoms with Gasteiger partial charge in [-0.15, -0.1) is 0 Å². The Kier molecular flexibility index (Phi) is 4.68. The number of carbonyl (C=O) groups is 1. The lowest BCUT2D eigenvalue weighted by atomic mass is 10.0. The van der Waals surface area contributed by atoms with E-state index in [2.05, 4.69) is 0 Å². The largest absolute Gasteiger partial charge is 0.342 e. The van der Waals surface area contributed by atoms with Gasteiger partial charge in [-0.05, 0) is 23.1 Å². The van der Waals surface area contributed by atoms with Gasteiger partial charge in [0, 0.05) is 29.6 Å². The van der Waals surface area contributed by atoms with Crippen molar-refractivity contribution in [2.24, 2.45) is 0 Å². The van der Waals surface area contributed by atoms with E-state index in [0.29, 0.717) is 5.75 Å². The van der Waals surface area contributed by atoms with Crippen LogP contribution in [0.4, 0.5) is 0 Å². The van der Waals surface area contributed by atoms with Crippen LogP contribution >= 0.6 is 0 Å². The summed E-state index contributed by atoms with van der Waals surface area (Å²) in [7, 11) is -1.16. The van der Waals surface area contributed by atoms with Gasteiger partial charge in [0.15, 0.2) is 0 Å². The Morgan fingerprint density at radius 2 is 1.68 bits per heavy atom. The third-order valence-electron chi connectivity index (χ3n) is 3.91. The lowest BCUT2D eigenvalue weighted by Crippen LogP contribution is -2.44. The Morgan fingerprint density at radius 1 is 1.00 bits per heavy atom. The first-order chi connectivity index (χ1) is 10.7. The van der Waals surface area contributed by atoms with Crippen molar-refractivity contribution in [3.05, 3.63) is 60.2 Å². The minimum absolute atomic E-state index is 0.0155. The number of likely N-dealkylation sites (tertiary alicyclic amines) is 1. The fraction of sp³-hybridized carbons (Fsp3) is 0.278. The zero-order valence-corrected chi connectivity index (χ0v) is 13.2. The molecule has 1 fully saturated rings. The number of hydrogen-bond acceptors (Lipinski definition) is 2. The van der Waals surface area contributed by atoms with Gasteiger partial charge in [-0.25, -0.2) is 0 Å². The van der Waals surface area contributed by atoms with Gasteiger partial charge in [-0.1, -0.05) is 54.6 Å². The van der Waals surface area contributed by atoms with Crippen LogP contribution in [0.1, 0.15) is 12.0 Å². The molecule has 2 aromatic rings. The van der Waals surface area contributed by atoms with Gasteiger partial charge in [0.2, 0.25) is 5.91 Å². The van der Waals surface area contributed by atoms with E-state index in [1.807, 2.05) is 54.6 Å². The van der Waals surface area contributed by atoms with E-state index in [1.165, 1.54) is 0 Å². The molecule has 0 spiro atoms. The summed E-state index contributed by atoms with van der Waals surface area (Å²) in [4.78, 5) is 13.7. The molecule has 114 valence electrons. The molecule has 3 rings (SSSR count). The molecule has 1 aliphatic heterocycles. The number of carbonyl (C=O) groups excluding carboxylic acids is 1. The molecule has 1 saturated heterocycles.